The lowest BCUT2D eigenvalue weighted by atomic mass is 10.1. The van der Waals surface area contributed by atoms with E-state index in [2.05, 4.69) is 10.6 Å². The second-order valence-electron chi connectivity index (χ2n) is 9.87. The highest BCUT2D eigenvalue weighted by Crippen LogP contribution is 2.33. The van der Waals surface area contributed by atoms with Gasteiger partial charge in [0.2, 0.25) is 5.91 Å². The smallest absolute Gasteiger partial charge is 0.313 e. The number of benzene rings is 3. The number of aromatic nitrogens is 2. The lowest BCUT2D eigenvalue weighted by Crippen LogP contribution is -2.44. The highest BCUT2D eigenvalue weighted by Gasteiger charge is 2.24. The van der Waals surface area contributed by atoms with Gasteiger partial charge in [0.25, 0.3) is 0 Å². The van der Waals surface area contributed by atoms with Gasteiger partial charge in [0, 0.05) is 17.3 Å². The molecule has 0 atom stereocenters. The molecule has 0 saturated heterocycles. The van der Waals surface area contributed by atoms with Crippen LogP contribution in [0.25, 0.3) is 16.8 Å². The maximum atomic E-state index is 13.5. The first-order valence-corrected chi connectivity index (χ1v) is 12.8. The van der Waals surface area contributed by atoms with E-state index in [9.17, 15) is 9.59 Å². The van der Waals surface area contributed by atoms with Gasteiger partial charge in [-0.2, -0.15) is 5.10 Å². The molecule has 3 amide bonds. The van der Waals surface area contributed by atoms with E-state index in [0.717, 1.165) is 44.9 Å². The van der Waals surface area contributed by atoms with Crippen molar-refractivity contribution in [1.82, 2.24) is 14.7 Å². The van der Waals surface area contributed by atoms with Crippen LogP contribution in [0.2, 0.25) is 0 Å². The minimum absolute atomic E-state index is 0.110. The van der Waals surface area contributed by atoms with Crippen molar-refractivity contribution < 1.29 is 9.59 Å². The van der Waals surface area contributed by atoms with Crippen LogP contribution in [0.5, 0.6) is 0 Å². The van der Waals surface area contributed by atoms with Gasteiger partial charge in [0.15, 0.2) is 0 Å². The third kappa shape index (κ3) is 5.78. The number of urea groups is 1. The number of carbonyl (C=O) groups is 2. The zero-order valence-electron chi connectivity index (χ0n) is 22.9. The molecule has 0 aliphatic rings. The predicted octanol–water partition coefficient (Wildman–Crippen LogP) is 6.65. The van der Waals surface area contributed by atoms with Crippen LogP contribution in [0.1, 0.15) is 36.2 Å². The average Bonchev–Trinajstić information content (AvgIpc) is 3.21. The summed E-state index contributed by atoms with van der Waals surface area (Å²) in [4.78, 5) is 28.2. The van der Waals surface area contributed by atoms with Crippen molar-refractivity contribution in [2.75, 3.05) is 17.2 Å². The molecule has 38 heavy (non-hydrogen) atoms. The number of nitrogens with zero attached hydrogens (tertiary/aromatic N) is 3. The normalized spacial score (nSPS) is 10.9. The van der Waals surface area contributed by atoms with Crippen LogP contribution in [0.15, 0.2) is 72.8 Å². The van der Waals surface area contributed by atoms with Crippen molar-refractivity contribution in [1.29, 1.82) is 0 Å². The molecule has 7 nitrogen and oxygen atoms in total. The number of aryl methyl sites for hydroxylation is 3. The summed E-state index contributed by atoms with van der Waals surface area (Å²) in [5, 5.41) is 10.8. The number of hydrogen-bond acceptors (Lipinski definition) is 3. The molecule has 1 aromatic heterocycles. The third-order valence-corrected chi connectivity index (χ3v) is 6.70. The molecule has 0 radical (unpaired) electrons. The van der Waals surface area contributed by atoms with Gasteiger partial charge in [-0.05, 0) is 76.4 Å². The van der Waals surface area contributed by atoms with Crippen molar-refractivity contribution in [3.8, 4) is 16.8 Å². The van der Waals surface area contributed by atoms with Crippen molar-refractivity contribution in [3.63, 3.8) is 0 Å². The Morgan fingerprint density at radius 2 is 1.55 bits per heavy atom. The first-order chi connectivity index (χ1) is 18.2. The predicted molar refractivity (Wildman–Crippen MR) is 154 cm³/mol. The van der Waals surface area contributed by atoms with E-state index in [1.165, 1.54) is 4.90 Å². The average molecular weight is 510 g/mol. The summed E-state index contributed by atoms with van der Waals surface area (Å²) in [6.45, 7) is 11.6. The molecule has 4 aromatic rings. The van der Waals surface area contributed by atoms with E-state index in [-0.39, 0.29) is 24.5 Å². The molecule has 2 N–H and O–H groups in total. The van der Waals surface area contributed by atoms with Crippen LogP contribution in [-0.4, -0.2) is 39.2 Å². The first kappa shape index (κ1) is 26.7. The van der Waals surface area contributed by atoms with Crippen molar-refractivity contribution in [2.45, 2.75) is 47.6 Å². The molecule has 7 heteroatoms. The van der Waals surface area contributed by atoms with E-state index in [1.54, 1.807) is 4.68 Å². The monoisotopic (exact) mass is 509 g/mol. The summed E-state index contributed by atoms with van der Waals surface area (Å²) in [6, 6.07) is 23.1. The van der Waals surface area contributed by atoms with E-state index in [0.29, 0.717) is 5.82 Å². The Morgan fingerprint density at radius 1 is 0.868 bits per heavy atom. The van der Waals surface area contributed by atoms with Gasteiger partial charge < -0.3 is 15.5 Å². The quantitative estimate of drug-likeness (QED) is 0.293. The van der Waals surface area contributed by atoms with Gasteiger partial charge in [-0.15, -0.1) is 0 Å². The molecule has 0 aliphatic carbocycles. The fraction of sp³-hybridized carbons (Fsp3) is 0.258. The van der Waals surface area contributed by atoms with Gasteiger partial charge in [-0.1, -0.05) is 60.2 Å². The van der Waals surface area contributed by atoms with Crippen LogP contribution < -0.4 is 10.6 Å². The second-order valence-corrected chi connectivity index (χ2v) is 9.87. The summed E-state index contributed by atoms with van der Waals surface area (Å²) >= 11 is 0. The molecular formula is C31H35N5O2. The van der Waals surface area contributed by atoms with E-state index in [4.69, 9.17) is 5.10 Å². The van der Waals surface area contributed by atoms with E-state index in [1.807, 2.05) is 114 Å². The Kier molecular flexibility index (Phi) is 7.96. The van der Waals surface area contributed by atoms with Crippen molar-refractivity contribution in [3.05, 3.63) is 95.2 Å². The maximum Gasteiger partial charge on any atom is 0.322 e. The molecule has 0 spiro atoms. The molecule has 4 rings (SSSR count). The van der Waals surface area contributed by atoms with E-state index < -0.39 is 0 Å². The Bertz CT molecular complexity index is 1440. The van der Waals surface area contributed by atoms with Crippen LogP contribution in [0.4, 0.5) is 16.3 Å². The van der Waals surface area contributed by atoms with Gasteiger partial charge in [-0.25, -0.2) is 9.48 Å². The lowest BCUT2D eigenvalue weighted by molar-refractivity contribution is -0.117. The molecule has 3 aromatic carbocycles. The molecule has 196 valence electrons. The fourth-order valence-corrected chi connectivity index (χ4v) is 4.35. The lowest BCUT2D eigenvalue weighted by Gasteiger charge is -2.27. The Balaban J connectivity index is 1.64. The summed E-state index contributed by atoms with van der Waals surface area (Å²) in [5.74, 6) is 0.265. The number of carbonyl (C=O) groups excluding carboxylic acids is 2. The van der Waals surface area contributed by atoms with E-state index >= 15 is 0 Å². The Hall–Kier alpha value is -4.39. The number of nitrogens with one attached hydrogen (secondary N) is 2. The minimum atomic E-state index is -0.324. The zero-order valence-corrected chi connectivity index (χ0v) is 22.9. The third-order valence-electron chi connectivity index (χ3n) is 6.70. The highest BCUT2D eigenvalue weighted by atomic mass is 16.2. The van der Waals surface area contributed by atoms with Crippen molar-refractivity contribution in [2.24, 2.45) is 0 Å². The topological polar surface area (TPSA) is 79.3 Å². The molecule has 1 heterocycles. The van der Waals surface area contributed by atoms with Gasteiger partial charge in [0.05, 0.1) is 11.4 Å². The number of anilines is 2. The minimum Gasteiger partial charge on any atom is -0.313 e. The number of rotatable bonds is 7. The van der Waals surface area contributed by atoms with Gasteiger partial charge in [-0.3, -0.25) is 4.79 Å². The summed E-state index contributed by atoms with van der Waals surface area (Å²) < 4.78 is 1.75. The zero-order chi connectivity index (χ0) is 27.4. The van der Waals surface area contributed by atoms with Gasteiger partial charge in [0.1, 0.15) is 12.4 Å². The van der Waals surface area contributed by atoms with Crippen LogP contribution in [0, 0.1) is 27.7 Å². The molecule has 0 unspecified atom stereocenters. The number of hydrogen-bond donors (Lipinski definition) is 2. The van der Waals surface area contributed by atoms with Crippen LogP contribution >= 0.6 is 0 Å². The molecular weight excluding hydrogens is 474 g/mol. The summed E-state index contributed by atoms with van der Waals surface area (Å²) in [7, 11) is 0. The number of amides is 3. The maximum absolute atomic E-state index is 13.5. The molecule has 0 saturated carbocycles. The van der Waals surface area contributed by atoms with Gasteiger partial charge >= 0.3 is 6.03 Å². The van der Waals surface area contributed by atoms with Crippen molar-refractivity contribution >= 4 is 23.4 Å². The Labute approximate surface area is 224 Å². The summed E-state index contributed by atoms with van der Waals surface area (Å²) in [6.07, 6.45) is 0. The highest BCUT2D eigenvalue weighted by molar-refractivity contribution is 5.99. The fourth-order valence-electron chi connectivity index (χ4n) is 4.35. The molecule has 0 aliphatic heterocycles. The molecule has 0 fully saturated rings. The largest absolute Gasteiger partial charge is 0.322 e. The van der Waals surface area contributed by atoms with Crippen LogP contribution in [0.3, 0.4) is 0 Å². The SMILES string of the molecule is Cc1ccc(-n2nc(C)c(-c3ccccc3)c2NC(=O)CN(C(=O)Nc2cccc(C)c2C)C(C)C)cc1. The Morgan fingerprint density at radius 3 is 2.21 bits per heavy atom. The molecule has 0 bridgehead atoms. The standard InChI is InChI=1S/C31H35N5O2/c1-20(2)35(31(38)32-27-14-10-11-22(4)23(27)5)19-28(37)33-30-29(25-12-8-7-9-13-25)24(6)34-36(30)26-17-15-21(3)16-18-26/h7-18,20H,19H2,1-6H3,(H,32,38)(H,33,37). The second kappa shape index (κ2) is 11.3. The summed E-state index contributed by atoms with van der Waals surface area (Å²) in [5.41, 5.74) is 7.38. The van der Waals surface area contributed by atoms with Crippen LogP contribution in [-0.2, 0) is 4.79 Å². The first-order valence-electron chi connectivity index (χ1n) is 12.8.